The summed E-state index contributed by atoms with van der Waals surface area (Å²) >= 11 is 3.42. The van der Waals surface area contributed by atoms with Crippen LogP contribution in [-0.4, -0.2) is 16.5 Å². The van der Waals surface area contributed by atoms with E-state index in [0.717, 1.165) is 28.8 Å². The molecular formula is C14H17BrN4O. The van der Waals surface area contributed by atoms with E-state index < -0.39 is 0 Å². The standard InChI is InChI=1S/C14H17BrN4O/c1-3-6-17-12-8-13(19-14(16)18-12)20-11-5-4-10(15)7-9(11)2/h4-5,7-8H,3,6H2,1-2H3,(H3,16,17,18,19). The van der Waals surface area contributed by atoms with Gasteiger partial charge in [-0.3, -0.25) is 0 Å². The highest BCUT2D eigenvalue weighted by atomic mass is 79.9. The summed E-state index contributed by atoms with van der Waals surface area (Å²) in [5, 5.41) is 3.17. The number of hydrogen-bond acceptors (Lipinski definition) is 5. The number of nitrogens with zero attached hydrogens (tertiary/aromatic N) is 2. The summed E-state index contributed by atoms with van der Waals surface area (Å²) < 4.78 is 6.78. The number of aryl methyl sites for hydroxylation is 1. The predicted molar refractivity (Wildman–Crippen MR) is 84.2 cm³/mol. The van der Waals surface area contributed by atoms with Crippen LogP contribution >= 0.6 is 15.9 Å². The normalized spacial score (nSPS) is 10.3. The molecule has 0 aliphatic carbocycles. The molecule has 0 aliphatic rings. The van der Waals surface area contributed by atoms with E-state index in [1.54, 1.807) is 6.07 Å². The van der Waals surface area contributed by atoms with E-state index in [9.17, 15) is 0 Å². The molecule has 0 atom stereocenters. The van der Waals surface area contributed by atoms with Gasteiger partial charge in [0.05, 0.1) is 0 Å². The van der Waals surface area contributed by atoms with Crippen LogP contribution in [0.1, 0.15) is 18.9 Å². The SMILES string of the molecule is CCCNc1cc(Oc2ccc(Br)cc2C)nc(N)n1. The van der Waals surface area contributed by atoms with Gasteiger partial charge in [0.25, 0.3) is 0 Å². The molecule has 0 bridgehead atoms. The molecule has 0 amide bonds. The third-order valence-corrected chi connectivity index (χ3v) is 3.12. The molecule has 6 heteroatoms. The zero-order chi connectivity index (χ0) is 14.5. The number of ether oxygens (including phenoxy) is 1. The number of rotatable bonds is 5. The Hall–Kier alpha value is -1.82. The molecule has 2 rings (SSSR count). The van der Waals surface area contributed by atoms with Gasteiger partial charge in [-0.1, -0.05) is 22.9 Å². The Morgan fingerprint density at radius 2 is 2.10 bits per heavy atom. The van der Waals surface area contributed by atoms with Crippen LogP contribution in [0.5, 0.6) is 11.6 Å². The number of benzene rings is 1. The Morgan fingerprint density at radius 3 is 2.80 bits per heavy atom. The van der Waals surface area contributed by atoms with Crippen molar-refractivity contribution >= 4 is 27.7 Å². The number of halogens is 1. The molecule has 0 saturated carbocycles. The van der Waals surface area contributed by atoms with Crippen molar-refractivity contribution in [2.24, 2.45) is 0 Å². The third kappa shape index (κ3) is 3.84. The predicted octanol–water partition coefficient (Wildman–Crippen LogP) is 3.74. The smallest absolute Gasteiger partial charge is 0.226 e. The monoisotopic (exact) mass is 336 g/mol. The fraction of sp³-hybridized carbons (Fsp3) is 0.286. The molecule has 1 aromatic heterocycles. The lowest BCUT2D eigenvalue weighted by Gasteiger charge is -2.10. The minimum Gasteiger partial charge on any atom is -0.439 e. The minimum atomic E-state index is 0.191. The van der Waals surface area contributed by atoms with Crippen LogP contribution < -0.4 is 15.8 Å². The molecule has 1 aromatic carbocycles. The van der Waals surface area contributed by atoms with E-state index in [4.69, 9.17) is 10.5 Å². The summed E-state index contributed by atoms with van der Waals surface area (Å²) in [6, 6.07) is 7.53. The van der Waals surface area contributed by atoms with Gasteiger partial charge in [-0.15, -0.1) is 0 Å². The van der Waals surface area contributed by atoms with Gasteiger partial charge < -0.3 is 15.8 Å². The van der Waals surface area contributed by atoms with E-state index in [-0.39, 0.29) is 5.95 Å². The van der Waals surface area contributed by atoms with Crippen molar-refractivity contribution in [3.05, 3.63) is 34.3 Å². The van der Waals surface area contributed by atoms with Gasteiger partial charge in [-0.05, 0) is 37.1 Å². The highest BCUT2D eigenvalue weighted by molar-refractivity contribution is 9.10. The van der Waals surface area contributed by atoms with Crippen LogP contribution in [0.2, 0.25) is 0 Å². The number of hydrogen-bond donors (Lipinski definition) is 2. The van der Waals surface area contributed by atoms with Gasteiger partial charge in [-0.25, -0.2) is 0 Å². The highest BCUT2D eigenvalue weighted by Crippen LogP contribution is 2.27. The van der Waals surface area contributed by atoms with Crippen molar-refractivity contribution in [1.29, 1.82) is 0 Å². The number of nitrogens with one attached hydrogen (secondary N) is 1. The van der Waals surface area contributed by atoms with Crippen LogP contribution in [0, 0.1) is 6.92 Å². The maximum Gasteiger partial charge on any atom is 0.226 e. The van der Waals surface area contributed by atoms with Crippen molar-refractivity contribution in [3.63, 3.8) is 0 Å². The first kappa shape index (κ1) is 14.6. The first-order valence-corrected chi connectivity index (χ1v) is 7.20. The molecule has 0 spiro atoms. The average molecular weight is 337 g/mol. The molecule has 106 valence electrons. The first-order valence-electron chi connectivity index (χ1n) is 6.41. The lowest BCUT2D eigenvalue weighted by atomic mass is 10.2. The second-order valence-corrected chi connectivity index (χ2v) is 5.30. The van der Waals surface area contributed by atoms with Gasteiger partial charge in [-0.2, -0.15) is 9.97 Å². The van der Waals surface area contributed by atoms with Gasteiger partial charge in [0, 0.05) is 17.1 Å². The van der Waals surface area contributed by atoms with E-state index in [1.165, 1.54) is 0 Å². The molecule has 3 N–H and O–H groups in total. The Balaban J connectivity index is 2.21. The molecule has 0 unspecified atom stereocenters. The topological polar surface area (TPSA) is 73.1 Å². The van der Waals surface area contributed by atoms with Crippen molar-refractivity contribution in [1.82, 2.24) is 9.97 Å². The lowest BCUT2D eigenvalue weighted by Crippen LogP contribution is -2.05. The Kier molecular flexibility index (Phi) is 4.79. The number of nitrogen functional groups attached to an aromatic ring is 1. The summed E-state index contributed by atoms with van der Waals surface area (Å²) in [6.07, 6.45) is 1.01. The molecule has 0 fully saturated rings. The molecule has 0 radical (unpaired) electrons. The molecule has 1 heterocycles. The van der Waals surface area contributed by atoms with Crippen molar-refractivity contribution in [3.8, 4) is 11.6 Å². The molecule has 0 saturated heterocycles. The number of anilines is 2. The summed E-state index contributed by atoms with van der Waals surface area (Å²) in [5.41, 5.74) is 6.71. The molecule has 0 aliphatic heterocycles. The van der Waals surface area contributed by atoms with Crippen LogP contribution in [0.3, 0.4) is 0 Å². The highest BCUT2D eigenvalue weighted by Gasteiger charge is 2.06. The molecule has 20 heavy (non-hydrogen) atoms. The largest absolute Gasteiger partial charge is 0.439 e. The van der Waals surface area contributed by atoms with Crippen molar-refractivity contribution in [2.75, 3.05) is 17.6 Å². The second-order valence-electron chi connectivity index (χ2n) is 4.39. The minimum absolute atomic E-state index is 0.191. The zero-order valence-electron chi connectivity index (χ0n) is 11.5. The summed E-state index contributed by atoms with van der Waals surface area (Å²) in [6.45, 7) is 4.88. The van der Waals surface area contributed by atoms with E-state index in [0.29, 0.717) is 11.7 Å². The number of nitrogens with two attached hydrogens (primary N) is 1. The van der Waals surface area contributed by atoms with Gasteiger partial charge >= 0.3 is 0 Å². The summed E-state index contributed by atoms with van der Waals surface area (Å²) in [7, 11) is 0. The van der Waals surface area contributed by atoms with Crippen LogP contribution in [0.15, 0.2) is 28.7 Å². The Morgan fingerprint density at radius 1 is 1.30 bits per heavy atom. The zero-order valence-corrected chi connectivity index (χ0v) is 13.1. The second kappa shape index (κ2) is 6.56. The van der Waals surface area contributed by atoms with Gasteiger partial charge in [0.1, 0.15) is 11.6 Å². The van der Waals surface area contributed by atoms with Crippen LogP contribution in [0.25, 0.3) is 0 Å². The maximum atomic E-state index is 5.77. The number of aromatic nitrogens is 2. The fourth-order valence-corrected chi connectivity index (χ4v) is 2.15. The first-order chi connectivity index (χ1) is 9.58. The Bertz CT molecular complexity index is 604. The molecular weight excluding hydrogens is 320 g/mol. The van der Waals surface area contributed by atoms with Crippen molar-refractivity contribution in [2.45, 2.75) is 20.3 Å². The van der Waals surface area contributed by atoms with Crippen LogP contribution in [-0.2, 0) is 0 Å². The summed E-state index contributed by atoms with van der Waals surface area (Å²) in [4.78, 5) is 8.21. The van der Waals surface area contributed by atoms with Gasteiger partial charge in [0.2, 0.25) is 11.8 Å². The maximum absolute atomic E-state index is 5.77. The van der Waals surface area contributed by atoms with E-state index in [1.807, 2.05) is 25.1 Å². The Labute approximate surface area is 126 Å². The summed E-state index contributed by atoms with van der Waals surface area (Å²) in [5.74, 6) is 2.04. The third-order valence-electron chi connectivity index (χ3n) is 2.63. The average Bonchev–Trinajstić information content (AvgIpc) is 2.39. The lowest BCUT2D eigenvalue weighted by molar-refractivity contribution is 0.459. The van der Waals surface area contributed by atoms with Gasteiger partial charge in [0.15, 0.2) is 0 Å². The molecule has 5 nitrogen and oxygen atoms in total. The van der Waals surface area contributed by atoms with Crippen LogP contribution in [0.4, 0.5) is 11.8 Å². The van der Waals surface area contributed by atoms with Crippen molar-refractivity contribution < 1.29 is 4.74 Å². The molecule has 2 aromatic rings. The van der Waals surface area contributed by atoms with E-state index in [2.05, 4.69) is 38.1 Å². The van der Waals surface area contributed by atoms with E-state index >= 15 is 0 Å². The fourth-order valence-electron chi connectivity index (χ4n) is 1.68. The quantitative estimate of drug-likeness (QED) is 0.869.